The second-order valence-electron chi connectivity index (χ2n) is 3.20. The highest BCUT2D eigenvalue weighted by atomic mass is 35.5. The van der Waals surface area contributed by atoms with Crippen LogP contribution >= 0.6 is 11.6 Å². The van der Waals surface area contributed by atoms with Gasteiger partial charge in [0.15, 0.2) is 0 Å². The van der Waals surface area contributed by atoms with Gasteiger partial charge in [-0.25, -0.2) is 18.8 Å². The van der Waals surface area contributed by atoms with Crippen molar-refractivity contribution < 1.29 is 34.1 Å². The van der Waals surface area contributed by atoms with E-state index in [-0.39, 0.29) is 5.02 Å². The maximum Gasteiger partial charge on any atom is 0.382 e. The Labute approximate surface area is 123 Å². The second-order valence-corrected chi connectivity index (χ2v) is 3.60. The topological polar surface area (TPSA) is 112 Å². The molecule has 6 nitrogen and oxygen atoms in total. The van der Waals surface area contributed by atoms with Crippen LogP contribution in [0.2, 0.25) is 5.02 Å². The van der Waals surface area contributed by atoms with Crippen molar-refractivity contribution in [2.75, 3.05) is 0 Å². The number of halogens is 2. The number of hydrogen-bond acceptors (Lipinski definition) is 3. The third kappa shape index (κ3) is 9.69. The summed E-state index contributed by atoms with van der Waals surface area (Å²) in [6, 6.07) is 3.76. The van der Waals surface area contributed by atoms with Crippen LogP contribution in [-0.2, 0) is 14.4 Å². The van der Waals surface area contributed by atoms with E-state index in [9.17, 15) is 18.8 Å². The monoisotopic (exact) mass is 314 g/mol. The molecular weight excluding hydrogens is 307 g/mol. The van der Waals surface area contributed by atoms with Crippen LogP contribution in [-0.4, -0.2) is 33.2 Å². The number of carboxylic acid groups (broad SMARTS) is 3. The molecule has 0 amide bonds. The normalized spacial score (nSPS) is 9.05. The Bertz CT molecular complexity index is 624. The highest BCUT2D eigenvalue weighted by Crippen LogP contribution is 2.18. The van der Waals surface area contributed by atoms with E-state index < -0.39 is 23.7 Å². The van der Waals surface area contributed by atoms with Crippen molar-refractivity contribution in [3.8, 4) is 11.8 Å². The first-order valence-corrected chi connectivity index (χ1v) is 5.44. The molecule has 0 saturated carbocycles. The van der Waals surface area contributed by atoms with Crippen LogP contribution in [0.15, 0.2) is 24.3 Å². The number of aliphatic carboxylic acids is 3. The molecule has 0 atom stereocenters. The summed E-state index contributed by atoms with van der Waals surface area (Å²) >= 11 is 5.63. The molecule has 1 rings (SSSR count). The molecule has 0 aliphatic heterocycles. The van der Waals surface area contributed by atoms with Gasteiger partial charge in [0.25, 0.3) is 0 Å². The predicted octanol–water partition coefficient (Wildman–Crippen LogP) is 1.74. The lowest BCUT2D eigenvalue weighted by molar-refractivity contribution is -0.132. The van der Waals surface area contributed by atoms with Gasteiger partial charge in [-0.2, -0.15) is 0 Å². The summed E-state index contributed by atoms with van der Waals surface area (Å²) in [6.45, 7) is 0. The summed E-state index contributed by atoms with van der Waals surface area (Å²) < 4.78 is 12.5. The lowest BCUT2D eigenvalue weighted by Crippen LogP contribution is -1.92. The Hall–Kier alpha value is -2.85. The highest BCUT2D eigenvalue weighted by Gasteiger charge is 1.98. The third-order valence-electron chi connectivity index (χ3n) is 1.64. The van der Waals surface area contributed by atoms with Crippen molar-refractivity contribution in [3.05, 3.63) is 40.7 Å². The van der Waals surface area contributed by atoms with Gasteiger partial charge in [-0.05, 0) is 23.8 Å². The van der Waals surface area contributed by atoms with Crippen molar-refractivity contribution in [1.82, 2.24) is 0 Å². The molecule has 0 aliphatic rings. The lowest BCUT2D eigenvalue weighted by Gasteiger charge is -1.96. The van der Waals surface area contributed by atoms with Crippen molar-refractivity contribution in [3.63, 3.8) is 0 Å². The Morgan fingerprint density at radius 2 is 1.62 bits per heavy atom. The number of benzene rings is 1. The Morgan fingerprint density at radius 1 is 1.10 bits per heavy atom. The Kier molecular flexibility index (Phi) is 7.88. The maximum absolute atomic E-state index is 12.5. The van der Waals surface area contributed by atoms with E-state index in [1.54, 1.807) is 0 Å². The fourth-order valence-corrected chi connectivity index (χ4v) is 1.13. The molecule has 8 heteroatoms. The van der Waals surface area contributed by atoms with Crippen LogP contribution in [0.4, 0.5) is 4.39 Å². The molecule has 0 spiro atoms. The van der Waals surface area contributed by atoms with Gasteiger partial charge in [0.05, 0.1) is 5.02 Å². The average Bonchev–Trinajstić information content (AvgIpc) is 2.36. The molecule has 21 heavy (non-hydrogen) atoms. The molecule has 1 aromatic carbocycles. The van der Waals surface area contributed by atoms with Gasteiger partial charge in [0.2, 0.25) is 0 Å². The van der Waals surface area contributed by atoms with Gasteiger partial charge in [-0.15, -0.1) is 0 Å². The molecule has 0 fully saturated rings. The van der Waals surface area contributed by atoms with Gasteiger partial charge in [0, 0.05) is 17.9 Å². The standard InChI is InChI=1S/C9H6ClFO2.C4H2O4/c10-8-5-7(11)3-1-6(8)2-4-9(12)13;5-3(6)1-2-4(7)8/h1-5H,(H,12,13);(H,5,6)(H,7,8). The van der Waals surface area contributed by atoms with Crippen molar-refractivity contribution in [2.24, 2.45) is 0 Å². The lowest BCUT2D eigenvalue weighted by atomic mass is 10.2. The quantitative estimate of drug-likeness (QED) is 0.566. The summed E-state index contributed by atoms with van der Waals surface area (Å²) in [4.78, 5) is 29.1. The Balaban J connectivity index is 0.000000433. The molecule has 0 unspecified atom stereocenters. The summed E-state index contributed by atoms with van der Waals surface area (Å²) in [5, 5.41) is 24.0. The molecular formula is C13H8ClFO6. The van der Waals surface area contributed by atoms with Crippen LogP contribution in [0, 0.1) is 17.7 Å². The summed E-state index contributed by atoms with van der Waals surface area (Å²) in [6.07, 6.45) is 2.25. The smallest absolute Gasteiger partial charge is 0.382 e. The first-order valence-electron chi connectivity index (χ1n) is 5.06. The molecule has 0 aromatic heterocycles. The number of hydrogen-bond donors (Lipinski definition) is 3. The van der Waals surface area contributed by atoms with Gasteiger partial charge < -0.3 is 15.3 Å². The van der Waals surface area contributed by atoms with Gasteiger partial charge in [-0.3, -0.25) is 0 Å². The minimum absolute atomic E-state index is 0.192. The minimum Gasteiger partial charge on any atom is -0.478 e. The van der Waals surface area contributed by atoms with Crippen LogP contribution < -0.4 is 0 Å². The molecule has 1 aromatic rings. The summed E-state index contributed by atoms with van der Waals surface area (Å²) in [5.74, 6) is -1.57. The first kappa shape index (κ1) is 18.2. The predicted molar refractivity (Wildman–Crippen MR) is 71.1 cm³/mol. The molecule has 0 heterocycles. The minimum atomic E-state index is -1.44. The number of carbonyl (C=O) groups is 3. The zero-order chi connectivity index (χ0) is 16.4. The van der Waals surface area contributed by atoms with Gasteiger partial charge >= 0.3 is 17.9 Å². The summed E-state index contributed by atoms with van der Waals surface area (Å²) in [7, 11) is 0. The van der Waals surface area contributed by atoms with E-state index in [1.165, 1.54) is 30.0 Å². The van der Waals surface area contributed by atoms with E-state index in [1.807, 2.05) is 0 Å². The van der Waals surface area contributed by atoms with Crippen LogP contribution in [0.5, 0.6) is 0 Å². The maximum atomic E-state index is 12.5. The fraction of sp³-hybridized carbons (Fsp3) is 0. The molecule has 0 radical (unpaired) electrons. The largest absolute Gasteiger partial charge is 0.478 e. The fourth-order valence-electron chi connectivity index (χ4n) is 0.905. The van der Waals surface area contributed by atoms with Crippen molar-refractivity contribution in [1.29, 1.82) is 0 Å². The molecule has 3 N–H and O–H groups in total. The molecule has 0 aliphatic carbocycles. The number of carboxylic acids is 3. The zero-order valence-electron chi connectivity index (χ0n) is 10.2. The van der Waals surface area contributed by atoms with E-state index in [0.717, 1.165) is 12.1 Å². The van der Waals surface area contributed by atoms with Gasteiger partial charge in [0.1, 0.15) is 5.82 Å². The third-order valence-corrected chi connectivity index (χ3v) is 1.97. The van der Waals surface area contributed by atoms with Crippen LogP contribution in [0.3, 0.4) is 0 Å². The van der Waals surface area contributed by atoms with Gasteiger partial charge in [-0.1, -0.05) is 17.7 Å². The SMILES string of the molecule is O=C(O)C#CC(=O)O.O=C(O)C=Cc1ccc(F)cc1Cl. The van der Waals surface area contributed by atoms with Crippen LogP contribution in [0.1, 0.15) is 5.56 Å². The molecule has 0 bridgehead atoms. The van der Waals surface area contributed by atoms with Crippen molar-refractivity contribution >= 4 is 35.6 Å². The van der Waals surface area contributed by atoms with E-state index >= 15 is 0 Å². The summed E-state index contributed by atoms with van der Waals surface area (Å²) in [5.41, 5.74) is 0.477. The first-order chi connectivity index (χ1) is 9.72. The van der Waals surface area contributed by atoms with Crippen LogP contribution in [0.25, 0.3) is 6.08 Å². The average molecular weight is 315 g/mol. The van der Waals surface area contributed by atoms with E-state index in [4.69, 9.17) is 26.9 Å². The zero-order valence-corrected chi connectivity index (χ0v) is 11.0. The molecule has 0 saturated heterocycles. The Morgan fingerprint density at radius 3 is 2.00 bits per heavy atom. The highest BCUT2D eigenvalue weighted by molar-refractivity contribution is 6.32. The number of rotatable bonds is 2. The van der Waals surface area contributed by atoms with Crippen molar-refractivity contribution in [2.45, 2.75) is 0 Å². The molecule has 110 valence electrons. The second kappa shape index (κ2) is 9.12. The van der Waals surface area contributed by atoms with E-state index in [0.29, 0.717) is 5.56 Å². The van der Waals surface area contributed by atoms with E-state index in [2.05, 4.69) is 0 Å².